The van der Waals surface area contributed by atoms with E-state index < -0.39 is 0 Å². The third-order valence-electron chi connectivity index (χ3n) is 3.88. The molecule has 0 aliphatic rings. The monoisotopic (exact) mass is 355 g/mol. The van der Waals surface area contributed by atoms with Crippen molar-refractivity contribution in [2.75, 3.05) is 13.7 Å². The van der Waals surface area contributed by atoms with Gasteiger partial charge in [0.2, 0.25) is 0 Å². The molecule has 0 spiro atoms. The maximum atomic E-state index is 12.7. The lowest BCUT2D eigenvalue weighted by Crippen LogP contribution is -2.30. The summed E-state index contributed by atoms with van der Waals surface area (Å²) in [6.45, 7) is 0.312. The van der Waals surface area contributed by atoms with Gasteiger partial charge in [-0.1, -0.05) is 41.9 Å². The number of nitrogens with zero attached hydrogens (tertiary/aromatic N) is 2. The van der Waals surface area contributed by atoms with E-state index in [0.29, 0.717) is 17.1 Å². The van der Waals surface area contributed by atoms with Crippen LogP contribution in [0, 0.1) is 0 Å². The lowest BCUT2D eigenvalue weighted by atomic mass is 10.1. The molecule has 0 bridgehead atoms. The van der Waals surface area contributed by atoms with Gasteiger partial charge in [-0.2, -0.15) is 5.10 Å². The molecule has 0 aliphatic heterocycles. The van der Waals surface area contributed by atoms with Crippen molar-refractivity contribution in [2.24, 2.45) is 0 Å². The van der Waals surface area contributed by atoms with Gasteiger partial charge in [-0.15, -0.1) is 0 Å². The number of aromatic nitrogens is 2. The second-order valence-electron chi connectivity index (χ2n) is 5.42. The first kappa shape index (κ1) is 17.2. The van der Waals surface area contributed by atoms with Crippen LogP contribution in [0.4, 0.5) is 0 Å². The maximum Gasteiger partial charge on any atom is 0.253 e. The van der Waals surface area contributed by atoms with Gasteiger partial charge in [-0.25, -0.2) is 4.68 Å². The Morgan fingerprint density at radius 1 is 1.20 bits per heavy atom. The predicted octanol–water partition coefficient (Wildman–Crippen LogP) is 3.64. The van der Waals surface area contributed by atoms with Crippen molar-refractivity contribution in [3.8, 4) is 5.69 Å². The fraction of sp³-hybridized carbons (Fsp3) is 0.158. The molecule has 0 aliphatic carbocycles. The van der Waals surface area contributed by atoms with Crippen molar-refractivity contribution >= 4 is 17.5 Å². The number of carbonyl (C=O) groups is 1. The van der Waals surface area contributed by atoms with Crippen molar-refractivity contribution in [3.63, 3.8) is 0 Å². The highest BCUT2D eigenvalue weighted by Gasteiger charge is 2.17. The van der Waals surface area contributed by atoms with Crippen LogP contribution in [0.1, 0.15) is 22.0 Å². The highest BCUT2D eigenvalue weighted by Crippen LogP contribution is 2.24. The highest BCUT2D eigenvalue weighted by atomic mass is 35.5. The van der Waals surface area contributed by atoms with E-state index in [1.165, 1.54) is 0 Å². The molecular formula is C19H18ClN3O2. The summed E-state index contributed by atoms with van der Waals surface area (Å²) in [6.07, 6.45) is 3.15. The Balaban J connectivity index is 1.76. The molecule has 0 fully saturated rings. The fourth-order valence-corrected chi connectivity index (χ4v) is 2.87. The van der Waals surface area contributed by atoms with E-state index in [1.54, 1.807) is 36.3 Å². The van der Waals surface area contributed by atoms with Crippen LogP contribution in [0.2, 0.25) is 5.02 Å². The first-order valence-electron chi connectivity index (χ1n) is 7.85. The summed E-state index contributed by atoms with van der Waals surface area (Å²) in [5, 5.41) is 7.72. The Morgan fingerprint density at radius 2 is 1.96 bits per heavy atom. The average Bonchev–Trinajstić information content (AvgIpc) is 3.18. The molecule has 1 heterocycles. The normalized spacial score (nSPS) is 11.9. The Morgan fingerprint density at radius 3 is 2.68 bits per heavy atom. The van der Waals surface area contributed by atoms with Gasteiger partial charge in [0.25, 0.3) is 5.91 Å². The molecule has 1 atom stereocenters. The summed E-state index contributed by atoms with van der Waals surface area (Å²) >= 11 is 6.22. The van der Waals surface area contributed by atoms with Gasteiger partial charge in [-0.05, 0) is 24.3 Å². The lowest BCUT2D eigenvalue weighted by Gasteiger charge is -2.18. The van der Waals surface area contributed by atoms with Crippen LogP contribution in [0.25, 0.3) is 5.69 Å². The van der Waals surface area contributed by atoms with Gasteiger partial charge >= 0.3 is 0 Å². The molecule has 3 aromatic rings. The van der Waals surface area contributed by atoms with Gasteiger partial charge in [-0.3, -0.25) is 4.79 Å². The number of halogens is 1. The van der Waals surface area contributed by atoms with E-state index in [0.717, 1.165) is 11.3 Å². The van der Waals surface area contributed by atoms with E-state index in [2.05, 4.69) is 10.4 Å². The summed E-state index contributed by atoms with van der Waals surface area (Å²) in [5.74, 6) is -0.194. The first-order chi connectivity index (χ1) is 12.2. The molecule has 0 saturated carbocycles. The Labute approximate surface area is 151 Å². The molecule has 2 aromatic carbocycles. The molecule has 0 radical (unpaired) electrons. The Bertz CT molecular complexity index is 849. The van der Waals surface area contributed by atoms with Crippen LogP contribution in [0.15, 0.2) is 67.0 Å². The predicted molar refractivity (Wildman–Crippen MR) is 97.1 cm³/mol. The Hall–Kier alpha value is -2.63. The second kappa shape index (κ2) is 7.96. The van der Waals surface area contributed by atoms with Gasteiger partial charge in [0.1, 0.15) is 6.10 Å². The highest BCUT2D eigenvalue weighted by molar-refractivity contribution is 6.31. The summed E-state index contributed by atoms with van der Waals surface area (Å²) in [7, 11) is 1.60. The third-order valence-corrected chi connectivity index (χ3v) is 4.23. The molecule has 6 heteroatoms. The summed E-state index contributed by atoms with van der Waals surface area (Å²) < 4.78 is 7.15. The van der Waals surface area contributed by atoms with Crippen LogP contribution in [-0.2, 0) is 4.74 Å². The molecule has 3 rings (SSSR count). The van der Waals surface area contributed by atoms with Crippen LogP contribution < -0.4 is 5.32 Å². The van der Waals surface area contributed by atoms with Crippen LogP contribution in [-0.4, -0.2) is 29.3 Å². The number of ether oxygens (including phenoxy) is 1. The standard InChI is InChI=1S/C19H18ClN3O2/c1-25-18(14-7-2-4-9-16(14)20)13-21-19(24)15-8-3-5-10-17(15)23-12-6-11-22-23/h2-12,18H,13H2,1H3,(H,21,24)/t18-/m0/s1. The number of para-hydroxylation sites is 1. The third kappa shape index (κ3) is 3.90. The van der Waals surface area contributed by atoms with Crippen molar-refractivity contribution < 1.29 is 9.53 Å². The second-order valence-corrected chi connectivity index (χ2v) is 5.83. The van der Waals surface area contributed by atoms with Crippen molar-refractivity contribution in [1.82, 2.24) is 15.1 Å². The molecule has 1 amide bonds. The number of methoxy groups -OCH3 is 1. The summed E-state index contributed by atoms with van der Waals surface area (Å²) in [6, 6.07) is 16.6. The fourth-order valence-electron chi connectivity index (χ4n) is 2.61. The number of amides is 1. The van der Waals surface area contributed by atoms with Gasteiger partial charge in [0.15, 0.2) is 0 Å². The summed E-state index contributed by atoms with van der Waals surface area (Å²) in [5.41, 5.74) is 2.10. The molecule has 0 saturated heterocycles. The molecule has 5 nitrogen and oxygen atoms in total. The van der Waals surface area contributed by atoms with Crippen molar-refractivity contribution in [2.45, 2.75) is 6.10 Å². The SMILES string of the molecule is CO[C@@H](CNC(=O)c1ccccc1-n1cccn1)c1ccccc1Cl. The van der Waals surface area contributed by atoms with Gasteiger partial charge < -0.3 is 10.1 Å². The Kier molecular flexibility index (Phi) is 5.48. The first-order valence-corrected chi connectivity index (χ1v) is 8.23. The maximum absolute atomic E-state index is 12.7. The number of benzene rings is 2. The van der Waals surface area contributed by atoms with Gasteiger partial charge in [0, 0.05) is 36.6 Å². The minimum Gasteiger partial charge on any atom is -0.375 e. The van der Waals surface area contributed by atoms with E-state index in [4.69, 9.17) is 16.3 Å². The number of rotatable bonds is 6. The molecule has 25 heavy (non-hydrogen) atoms. The van der Waals surface area contributed by atoms with Gasteiger partial charge in [0.05, 0.1) is 11.3 Å². The number of hydrogen-bond acceptors (Lipinski definition) is 3. The molecule has 0 unspecified atom stereocenters. The number of carbonyl (C=O) groups excluding carboxylic acids is 1. The van der Waals surface area contributed by atoms with E-state index in [9.17, 15) is 4.79 Å². The molecule has 128 valence electrons. The zero-order valence-corrected chi connectivity index (χ0v) is 14.5. The van der Waals surface area contributed by atoms with Crippen LogP contribution >= 0.6 is 11.6 Å². The quantitative estimate of drug-likeness (QED) is 0.734. The van der Waals surface area contributed by atoms with E-state index in [1.807, 2.05) is 42.5 Å². The molecular weight excluding hydrogens is 338 g/mol. The average molecular weight is 356 g/mol. The minimum absolute atomic E-state index is 0.194. The summed E-state index contributed by atoms with van der Waals surface area (Å²) in [4.78, 5) is 12.7. The van der Waals surface area contributed by atoms with E-state index >= 15 is 0 Å². The van der Waals surface area contributed by atoms with Crippen molar-refractivity contribution in [1.29, 1.82) is 0 Å². The topological polar surface area (TPSA) is 56.1 Å². The van der Waals surface area contributed by atoms with Crippen LogP contribution in [0.5, 0.6) is 0 Å². The van der Waals surface area contributed by atoms with Crippen molar-refractivity contribution in [3.05, 3.63) is 83.1 Å². The lowest BCUT2D eigenvalue weighted by molar-refractivity contribution is 0.0828. The number of nitrogens with one attached hydrogen (secondary N) is 1. The van der Waals surface area contributed by atoms with E-state index in [-0.39, 0.29) is 12.0 Å². The smallest absolute Gasteiger partial charge is 0.253 e. The number of hydrogen-bond donors (Lipinski definition) is 1. The largest absolute Gasteiger partial charge is 0.375 e. The van der Waals surface area contributed by atoms with Crippen LogP contribution in [0.3, 0.4) is 0 Å². The zero-order chi connectivity index (χ0) is 17.6. The molecule has 1 N–H and O–H groups in total. The zero-order valence-electron chi connectivity index (χ0n) is 13.7. The minimum atomic E-state index is -0.325. The molecule has 1 aromatic heterocycles.